The number of aromatic nitrogens is 2. The molecule has 3 rings (SSSR count). The van der Waals surface area contributed by atoms with E-state index in [1.54, 1.807) is 20.0 Å². The van der Waals surface area contributed by atoms with Gasteiger partial charge in [0.15, 0.2) is 0 Å². The predicted octanol–water partition coefficient (Wildman–Crippen LogP) is 2.22. The van der Waals surface area contributed by atoms with Gasteiger partial charge in [0.1, 0.15) is 5.82 Å². The molecule has 1 aliphatic heterocycles. The van der Waals surface area contributed by atoms with Gasteiger partial charge in [0.25, 0.3) is 5.56 Å². The molecular formula is C24H35FN4O5S. The second-order valence-corrected chi connectivity index (χ2v) is 11.1. The molecule has 2 aromatic rings. The van der Waals surface area contributed by atoms with Crippen LogP contribution in [0.15, 0.2) is 35.3 Å². The zero-order valence-electron chi connectivity index (χ0n) is 20.8. The lowest BCUT2D eigenvalue weighted by Crippen LogP contribution is -2.51. The van der Waals surface area contributed by atoms with E-state index >= 15 is 0 Å². The number of ether oxygens (including phenoxy) is 2. The van der Waals surface area contributed by atoms with Crippen molar-refractivity contribution in [3.63, 3.8) is 0 Å². The first-order chi connectivity index (χ1) is 16.7. The lowest BCUT2D eigenvalue weighted by Gasteiger charge is -2.37. The largest absolute Gasteiger partial charge is 0.379 e. The molecule has 0 N–H and O–H groups in total. The van der Waals surface area contributed by atoms with E-state index in [9.17, 15) is 17.6 Å². The van der Waals surface area contributed by atoms with Crippen LogP contribution in [0, 0.1) is 5.82 Å². The molecule has 11 heteroatoms. The third-order valence-electron chi connectivity index (χ3n) is 6.00. The maximum Gasteiger partial charge on any atom is 0.276 e. The molecule has 0 unspecified atom stereocenters. The van der Waals surface area contributed by atoms with Crippen molar-refractivity contribution in [1.29, 1.82) is 0 Å². The SMILES string of the molecule is CCOC[C@H](Cc1c(N2CCN(S(=O)(=O)C(C)C)CC2)cnn(-c2ccc(F)cc2)c1=O)OCC. The third-order valence-corrected chi connectivity index (χ3v) is 8.28. The topological polar surface area (TPSA) is 94.0 Å². The summed E-state index contributed by atoms with van der Waals surface area (Å²) in [7, 11) is -3.35. The number of anilines is 1. The Morgan fingerprint density at radius 3 is 2.29 bits per heavy atom. The Morgan fingerprint density at radius 1 is 1.06 bits per heavy atom. The van der Waals surface area contributed by atoms with E-state index in [1.807, 2.05) is 18.7 Å². The van der Waals surface area contributed by atoms with Crippen LogP contribution < -0.4 is 10.5 Å². The molecule has 0 bridgehead atoms. The fraction of sp³-hybridized carbons (Fsp3) is 0.583. The van der Waals surface area contributed by atoms with E-state index in [2.05, 4.69) is 5.10 Å². The molecule has 1 saturated heterocycles. The number of nitrogens with zero attached hydrogens (tertiary/aromatic N) is 4. The molecular weight excluding hydrogens is 475 g/mol. The molecule has 1 fully saturated rings. The monoisotopic (exact) mass is 510 g/mol. The fourth-order valence-electron chi connectivity index (χ4n) is 4.07. The van der Waals surface area contributed by atoms with E-state index in [0.717, 1.165) is 0 Å². The summed E-state index contributed by atoms with van der Waals surface area (Å²) in [5, 5.41) is 3.87. The number of hydrogen-bond donors (Lipinski definition) is 0. The number of rotatable bonds is 11. The third kappa shape index (κ3) is 6.46. The first kappa shape index (κ1) is 27.3. The second kappa shape index (κ2) is 12.1. The molecule has 194 valence electrons. The quantitative estimate of drug-likeness (QED) is 0.458. The number of halogens is 1. The van der Waals surface area contributed by atoms with Gasteiger partial charge in [-0.15, -0.1) is 0 Å². The zero-order valence-corrected chi connectivity index (χ0v) is 21.6. The highest BCUT2D eigenvalue weighted by atomic mass is 32.2. The molecule has 0 radical (unpaired) electrons. The fourth-order valence-corrected chi connectivity index (χ4v) is 5.34. The molecule has 0 aliphatic carbocycles. The van der Waals surface area contributed by atoms with Gasteiger partial charge in [-0.05, 0) is 52.0 Å². The van der Waals surface area contributed by atoms with Gasteiger partial charge in [-0.2, -0.15) is 14.1 Å². The van der Waals surface area contributed by atoms with E-state index in [0.29, 0.717) is 69.4 Å². The van der Waals surface area contributed by atoms with Crippen molar-refractivity contribution in [2.24, 2.45) is 0 Å². The van der Waals surface area contributed by atoms with Crippen molar-refractivity contribution in [2.45, 2.75) is 45.5 Å². The molecule has 1 aliphatic rings. The van der Waals surface area contributed by atoms with Crippen molar-refractivity contribution < 1.29 is 22.3 Å². The molecule has 0 spiro atoms. The highest BCUT2D eigenvalue weighted by molar-refractivity contribution is 7.89. The lowest BCUT2D eigenvalue weighted by molar-refractivity contribution is -0.00783. The van der Waals surface area contributed by atoms with Crippen LogP contribution in [-0.4, -0.2) is 79.9 Å². The smallest absolute Gasteiger partial charge is 0.276 e. The number of hydrogen-bond acceptors (Lipinski definition) is 7. The summed E-state index contributed by atoms with van der Waals surface area (Å²) in [4.78, 5) is 15.6. The van der Waals surface area contributed by atoms with Crippen LogP contribution in [0.3, 0.4) is 0 Å². The molecule has 0 saturated carbocycles. The summed E-state index contributed by atoms with van der Waals surface area (Å²) in [6.45, 7) is 9.98. The van der Waals surface area contributed by atoms with Gasteiger partial charge in [-0.3, -0.25) is 4.79 Å². The number of piperazine rings is 1. The van der Waals surface area contributed by atoms with E-state index in [1.165, 1.54) is 33.3 Å². The van der Waals surface area contributed by atoms with Gasteiger partial charge < -0.3 is 14.4 Å². The van der Waals surface area contributed by atoms with E-state index in [4.69, 9.17) is 9.47 Å². The Morgan fingerprint density at radius 2 is 1.71 bits per heavy atom. The summed E-state index contributed by atoms with van der Waals surface area (Å²) in [5.74, 6) is -0.402. The second-order valence-electron chi connectivity index (χ2n) is 8.62. The average Bonchev–Trinajstić information content (AvgIpc) is 2.84. The molecule has 9 nitrogen and oxygen atoms in total. The molecule has 1 aromatic carbocycles. The van der Waals surface area contributed by atoms with Gasteiger partial charge in [0.05, 0.1) is 35.5 Å². The average molecular weight is 511 g/mol. The summed E-state index contributed by atoms with van der Waals surface area (Å²) in [6, 6.07) is 5.57. The minimum Gasteiger partial charge on any atom is -0.379 e. The van der Waals surface area contributed by atoms with Gasteiger partial charge >= 0.3 is 0 Å². The summed E-state index contributed by atoms with van der Waals surface area (Å²) in [6.07, 6.45) is 1.59. The van der Waals surface area contributed by atoms with Gasteiger partial charge in [0, 0.05) is 51.4 Å². The first-order valence-electron chi connectivity index (χ1n) is 12.0. The lowest BCUT2D eigenvalue weighted by atomic mass is 10.1. The maximum atomic E-state index is 13.6. The minimum absolute atomic E-state index is 0.302. The van der Waals surface area contributed by atoms with Crippen LogP contribution in [0.25, 0.3) is 5.69 Å². The van der Waals surface area contributed by atoms with Crippen molar-refractivity contribution >= 4 is 15.7 Å². The van der Waals surface area contributed by atoms with Crippen molar-refractivity contribution in [3.8, 4) is 5.69 Å². The van der Waals surface area contributed by atoms with Crippen molar-refractivity contribution in [1.82, 2.24) is 14.1 Å². The normalized spacial score (nSPS) is 16.1. The van der Waals surface area contributed by atoms with Crippen LogP contribution in [0.4, 0.5) is 10.1 Å². The molecule has 35 heavy (non-hydrogen) atoms. The van der Waals surface area contributed by atoms with Gasteiger partial charge in [0.2, 0.25) is 10.0 Å². The molecule has 1 atom stereocenters. The van der Waals surface area contributed by atoms with Crippen LogP contribution in [0.5, 0.6) is 0 Å². The van der Waals surface area contributed by atoms with Crippen LogP contribution in [0.2, 0.25) is 0 Å². The van der Waals surface area contributed by atoms with Gasteiger partial charge in [-0.1, -0.05) is 0 Å². The zero-order chi connectivity index (χ0) is 25.6. The van der Waals surface area contributed by atoms with Crippen LogP contribution in [-0.2, 0) is 25.9 Å². The van der Waals surface area contributed by atoms with E-state index < -0.39 is 21.1 Å². The van der Waals surface area contributed by atoms with Gasteiger partial charge in [-0.25, -0.2) is 12.8 Å². The van der Waals surface area contributed by atoms with Crippen molar-refractivity contribution in [2.75, 3.05) is 50.9 Å². The van der Waals surface area contributed by atoms with Crippen molar-refractivity contribution in [3.05, 3.63) is 52.2 Å². The Kier molecular flexibility index (Phi) is 9.40. The maximum absolute atomic E-state index is 13.6. The molecule has 2 heterocycles. The Balaban J connectivity index is 1.96. The number of sulfonamides is 1. The van der Waals surface area contributed by atoms with Crippen LogP contribution in [0.1, 0.15) is 33.3 Å². The minimum atomic E-state index is -3.35. The molecule has 1 aromatic heterocycles. The summed E-state index contributed by atoms with van der Waals surface area (Å²) < 4.78 is 52.8. The highest BCUT2D eigenvalue weighted by Crippen LogP contribution is 2.23. The van der Waals surface area contributed by atoms with E-state index in [-0.39, 0.29) is 11.7 Å². The Bertz CT molecular complexity index is 1130. The Labute approximate surface area is 206 Å². The summed E-state index contributed by atoms with van der Waals surface area (Å²) >= 11 is 0. The first-order valence-corrected chi connectivity index (χ1v) is 13.5. The predicted molar refractivity (Wildman–Crippen MR) is 133 cm³/mol. The Hall–Kier alpha value is -2.34. The van der Waals surface area contributed by atoms with Crippen LogP contribution >= 0.6 is 0 Å². The summed E-state index contributed by atoms with van der Waals surface area (Å²) in [5.41, 5.74) is 1.28. The standard InChI is InChI=1S/C24H35FN4O5S/c1-5-33-17-21(34-6-2)15-22-23(27-11-13-28(14-12-27)35(31,32)18(3)4)16-26-29(24(22)30)20-9-7-19(25)8-10-20/h7-10,16,18,21H,5-6,11-15,17H2,1-4H3/t21-/m0/s1. The highest BCUT2D eigenvalue weighted by Gasteiger charge is 2.31. The number of benzene rings is 1. The molecule has 0 amide bonds.